The number of amides is 2. The van der Waals surface area contributed by atoms with E-state index in [9.17, 15) is 9.59 Å². The first-order valence-corrected chi connectivity index (χ1v) is 7.66. The zero-order valence-corrected chi connectivity index (χ0v) is 17.7. The number of alkyl halides is 1. The van der Waals surface area contributed by atoms with Gasteiger partial charge in [-0.3, -0.25) is 4.90 Å². The number of nitrogens with zero attached hydrogens (tertiary/aromatic N) is 2. The fraction of sp³-hybridized carbons (Fsp3) is 0.286. The van der Waals surface area contributed by atoms with Crippen molar-refractivity contribution in [3.63, 3.8) is 0 Å². The molecule has 0 bridgehead atoms. The normalized spacial score (nSPS) is 17.1. The molecule has 1 aliphatic rings. The molecule has 1 aromatic carbocycles. The second-order valence-electron chi connectivity index (χ2n) is 4.33. The summed E-state index contributed by atoms with van der Waals surface area (Å²) in [5, 5.41) is 0. The average Bonchev–Trinajstić information content (AvgIpc) is 2.81. The van der Waals surface area contributed by atoms with Gasteiger partial charge in [-0.25, -0.2) is 4.79 Å². The molecule has 0 aromatic heterocycles. The van der Waals surface area contributed by atoms with Crippen LogP contribution in [0.25, 0.3) is 0 Å². The molecule has 0 saturated carbocycles. The Kier molecular flexibility index (Phi) is 7.37. The van der Waals surface area contributed by atoms with Gasteiger partial charge in [0.2, 0.25) is 0 Å². The fourth-order valence-electron chi connectivity index (χ4n) is 2.02. The Labute approximate surface area is 161 Å². The molecule has 5 nitrogen and oxygen atoms in total. The van der Waals surface area contributed by atoms with Gasteiger partial charge in [-0.05, 0) is 24.3 Å². The molecule has 1 aromatic rings. The number of benzene rings is 1. The van der Waals surface area contributed by atoms with Crippen LogP contribution in [0.2, 0.25) is 0 Å². The van der Waals surface area contributed by atoms with E-state index < -0.39 is 0 Å². The molecule has 0 radical (unpaired) electrons. The Morgan fingerprint density at radius 2 is 2.05 bits per heavy atom. The monoisotopic (exact) mass is 624 g/mol. The number of carbonyl (C=O) groups excluding carboxylic acids is 2. The minimum Gasteiger partial charge on any atom is -0.443 e. The Morgan fingerprint density at radius 3 is 2.48 bits per heavy atom. The van der Waals surface area contributed by atoms with Gasteiger partial charge in [-0.15, -0.1) is 6.54 Å². The van der Waals surface area contributed by atoms with Crippen molar-refractivity contribution in [2.45, 2.75) is 6.10 Å². The molecule has 1 saturated heterocycles. The third-order valence-electron chi connectivity index (χ3n) is 3.04. The maximum atomic E-state index is 11.7. The predicted molar refractivity (Wildman–Crippen MR) is 86.0 cm³/mol. The predicted octanol–water partition coefficient (Wildman–Crippen LogP) is 2.45. The van der Waals surface area contributed by atoms with E-state index in [4.69, 9.17) is 4.74 Å². The maximum absolute atomic E-state index is 11.7. The van der Waals surface area contributed by atoms with Crippen LogP contribution in [0.3, 0.4) is 0 Å². The van der Waals surface area contributed by atoms with Crippen molar-refractivity contribution >= 4 is 46.0 Å². The SMILES string of the molecule is [CH2-]CN(C([CH2-])=O)c1ccc(N2CC(CI)OC2=O)cc1.[U+2]. The van der Waals surface area contributed by atoms with E-state index >= 15 is 0 Å². The van der Waals surface area contributed by atoms with Crippen molar-refractivity contribution in [2.24, 2.45) is 0 Å². The molecule has 1 heterocycles. The van der Waals surface area contributed by atoms with Gasteiger partial charge >= 0.3 is 37.2 Å². The van der Waals surface area contributed by atoms with Crippen LogP contribution in [-0.4, -0.2) is 35.6 Å². The summed E-state index contributed by atoms with van der Waals surface area (Å²) in [5.74, 6) is -0.307. The number of ether oxygens (including phenoxy) is 1. The molecular formula is C14H15IN2O3U. The molecule has 0 spiro atoms. The van der Waals surface area contributed by atoms with Crippen LogP contribution in [0.1, 0.15) is 0 Å². The summed E-state index contributed by atoms with van der Waals surface area (Å²) in [4.78, 5) is 26.1. The van der Waals surface area contributed by atoms with Crippen molar-refractivity contribution < 1.29 is 45.4 Å². The first kappa shape index (κ1) is 18.7. The summed E-state index contributed by atoms with van der Waals surface area (Å²) < 4.78 is 5.98. The van der Waals surface area contributed by atoms with Crippen molar-refractivity contribution in [1.82, 2.24) is 0 Å². The quantitative estimate of drug-likeness (QED) is 0.294. The summed E-state index contributed by atoms with van der Waals surface area (Å²) in [7, 11) is 0. The Balaban J connectivity index is 0.00000220. The molecule has 2 rings (SSSR count). The fourth-order valence-corrected chi connectivity index (χ4v) is 2.48. The first-order valence-electron chi connectivity index (χ1n) is 6.13. The van der Waals surface area contributed by atoms with Crippen LogP contribution in [-0.2, 0) is 9.53 Å². The molecule has 21 heavy (non-hydrogen) atoms. The summed E-state index contributed by atoms with van der Waals surface area (Å²) >= 11 is 2.19. The van der Waals surface area contributed by atoms with E-state index in [1.165, 1.54) is 4.90 Å². The summed E-state index contributed by atoms with van der Waals surface area (Å²) in [5.41, 5.74) is 1.47. The molecule has 1 unspecified atom stereocenters. The maximum Gasteiger partial charge on any atom is 2.00 e. The van der Waals surface area contributed by atoms with E-state index in [0.29, 0.717) is 18.8 Å². The van der Waals surface area contributed by atoms with Gasteiger partial charge in [-0.2, -0.15) is 0 Å². The van der Waals surface area contributed by atoms with Crippen molar-refractivity contribution in [3.8, 4) is 0 Å². The van der Waals surface area contributed by atoms with Crippen LogP contribution in [0.15, 0.2) is 24.3 Å². The summed E-state index contributed by atoms with van der Waals surface area (Å²) in [6.45, 7) is 7.94. The van der Waals surface area contributed by atoms with Crippen LogP contribution in [0.4, 0.5) is 16.2 Å². The van der Waals surface area contributed by atoms with Crippen molar-refractivity contribution in [3.05, 3.63) is 38.1 Å². The van der Waals surface area contributed by atoms with E-state index in [1.807, 2.05) is 0 Å². The summed E-state index contributed by atoms with van der Waals surface area (Å²) in [6.07, 6.45) is -0.401. The largest absolute Gasteiger partial charge is 2.00 e. The van der Waals surface area contributed by atoms with Crippen LogP contribution >= 0.6 is 22.6 Å². The molecule has 0 N–H and O–H groups in total. The van der Waals surface area contributed by atoms with Crippen molar-refractivity contribution in [1.29, 1.82) is 0 Å². The second-order valence-corrected chi connectivity index (χ2v) is 5.21. The van der Waals surface area contributed by atoms with Gasteiger partial charge in [-0.1, -0.05) is 22.6 Å². The topological polar surface area (TPSA) is 49.9 Å². The van der Waals surface area contributed by atoms with Gasteiger partial charge in [0, 0.05) is 15.8 Å². The number of halogens is 1. The minimum absolute atomic E-state index is 0. The molecular weight excluding hydrogens is 609 g/mol. The number of anilines is 2. The van der Waals surface area contributed by atoms with Crippen LogP contribution in [0.5, 0.6) is 0 Å². The third-order valence-corrected chi connectivity index (χ3v) is 4.03. The molecule has 0 aliphatic carbocycles. The average molecular weight is 624 g/mol. The molecule has 7 heteroatoms. The zero-order chi connectivity index (χ0) is 14.7. The smallest absolute Gasteiger partial charge is 0.443 e. The number of hydrogen-bond donors (Lipinski definition) is 0. The van der Waals surface area contributed by atoms with Gasteiger partial charge in [0.1, 0.15) is 6.10 Å². The zero-order valence-electron chi connectivity index (χ0n) is 11.4. The molecule has 110 valence electrons. The number of hydrogen-bond acceptors (Lipinski definition) is 3. The number of cyclic esters (lactones) is 1. The minimum atomic E-state index is -0.332. The number of rotatable bonds is 4. The molecule has 1 fully saturated rings. The van der Waals surface area contributed by atoms with Gasteiger partial charge in [0.05, 0.1) is 12.5 Å². The second kappa shape index (κ2) is 8.30. The molecule has 2 amide bonds. The Morgan fingerprint density at radius 1 is 1.43 bits per heavy atom. The first-order chi connectivity index (χ1) is 9.56. The summed E-state index contributed by atoms with van der Waals surface area (Å²) in [6, 6.07) is 7.12. The van der Waals surface area contributed by atoms with Crippen LogP contribution in [0, 0.1) is 45.0 Å². The van der Waals surface area contributed by atoms with E-state index in [0.717, 1.165) is 10.1 Å². The van der Waals surface area contributed by atoms with Crippen molar-refractivity contribution in [2.75, 3.05) is 27.3 Å². The molecule has 1 atom stereocenters. The van der Waals surface area contributed by atoms with E-state index in [-0.39, 0.29) is 49.2 Å². The van der Waals surface area contributed by atoms with Gasteiger partial charge in [0.15, 0.2) is 0 Å². The Bertz CT molecular complexity index is 509. The van der Waals surface area contributed by atoms with E-state index in [2.05, 4.69) is 36.4 Å². The Hall–Kier alpha value is -0.388. The third kappa shape index (κ3) is 4.30. The standard InChI is InChI=1S/C14H15IN2O3.U/c1-3-16(10(2)18)11-4-6-12(7-5-11)17-9-13(8-15)20-14(17)19;/h4-7,13H,1-3,8-9H2;/q-2;+2. The molecule has 1 aliphatic heterocycles. The van der Waals surface area contributed by atoms with Crippen LogP contribution < -0.4 is 9.80 Å². The van der Waals surface area contributed by atoms with Gasteiger partial charge < -0.3 is 28.3 Å². The van der Waals surface area contributed by atoms with E-state index in [1.54, 1.807) is 29.2 Å². The van der Waals surface area contributed by atoms with Gasteiger partial charge in [0.25, 0.3) is 0 Å². The number of carbonyl (C=O) groups is 2.